The first-order chi connectivity index (χ1) is 11.5. The third kappa shape index (κ3) is 5.45. The van der Waals surface area contributed by atoms with Gasteiger partial charge in [0, 0.05) is 27.2 Å². The smallest absolute Gasteiger partial charge is 0.317 e. The largest absolute Gasteiger partial charge is 0.383 e. The van der Waals surface area contributed by atoms with Gasteiger partial charge in [-0.25, -0.2) is 4.79 Å². The number of likely N-dealkylation sites (tertiary alicyclic amines) is 1. The number of rotatable bonds is 7. The monoisotopic (exact) mass is 339 g/mol. The van der Waals surface area contributed by atoms with Crippen molar-refractivity contribution in [1.29, 1.82) is 0 Å². The number of urea groups is 1. The van der Waals surface area contributed by atoms with E-state index in [1.807, 2.05) is 14.0 Å². The van der Waals surface area contributed by atoms with Crippen molar-refractivity contribution >= 4 is 6.03 Å². The zero-order chi connectivity index (χ0) is 17.5. The van der Waals surface area contributed by atoms with Gasteiger partial charge in [-0.2, -0.15) is 4.98 Å². The fourth-order valence-electron chi connectivity index (χ4n) is 2.93. The van der Waals surface area contributed by atoms with E-state index in [0.717, 1.165) is 45.6 Å². The number of aryl methyl sites for hydroxylation is 1. The summed E-state index contributed by atoms with van der Waals surface area (Å²) in [7, 11) is 3.56. The van der Waals surface area contributed by atoms with Crippen molar-refractivity contribution < 1.29 is 14.1 Å². The maximum Gasteiger partial charge on any atom is 0.317 e. The molecule has 1 aliphatic heterocycles. The van der Waals surface area contributed by atoms with Crippen molar-refractivity contribution in [3.8, 4) is 0 Å². The Morgan fingerprint density at radius 2 is 2.21 bits per heavy atom. The molecule has 0 spiro atoms. The van der Waals surface area contributed by atoms with Crippen molar-refractivity contribution in [1.82, 2.24) is 25.3 Å². The first-order valence-corrected chi connectivity index (χ1v) is 8.52. The Bertz CT molecular complexity index is 514. The molecule has 1 saturated heterocycles. The minimum atomic E-state index is -0.294. The summed E-state index contributed by atoms with van der Waals surface area (Å²) >= 11 is 0. The number of hydrogen-bond donors (Lipinski definition) is 1. The van der Waals surface area contributed by atoms with Gasteiger partial charge in [0.2, 0.25) is 5.89 Å². The number of nitrogens with one attached hydrogen (secondary N) is 1. The number of carbonyl (C=O) groups excluding carboxylic acids is 1. The fraction of sp³-hybridized carbons (Fsp3) is 0.812. The molecular formula is C16H29N5O3. The van der Waals surface area contributed by atoms with Crippen LogP contribution in [0.15, 0.2) is 4.52 Å². The van der Waals surface area contributed by atoms with Gasteiger partial charge in [0.25, 0.3) is 0 Å². The summed E-state index contributed by atoms with van der Waals surface area (Å²) in [6.45, 7) is 8.27. The van der Waals surface area contributed by atoms with Crippen molar-refractivity contribution in [3.05, 3.63) is 11.7 Å². The predicted octanol–water partition coefficient (Wildman–Crippen LogP) is 1.44. The summed E-state index contributed by atoms with van der Waals surface area (Å²) in [4.78, 5) is 20.6. The lowest BCUT2D eigenvalue weighted by Crippen LogP contribution is -2.44. The van der Waals surface area contributed by atoms with Gasteiger partial charge in [0.1, 0.15) is 6.04 Å². The molecule has 0 aromatic carbocycles. The van der Waals surface area contributed by atoms with Crippen LogP contribution in [-0.2, 0) is 4.74 Å². The highest BCUT2D eigenvalue weighted by Crippen LogP contribution is 2.18. The molecule has 24 heavy (non-hydrogen) atoms. The van der Waals surface area contributed by atoms with Crippen molar-refractivity contribution in [2.45, 2.75) is 32.7 Å². The number of ether oxygens (including phenoxy) is 1. The van der Waals surface area contributed by atoms with Crippen molar-refractivity contribution in [3.63, 3.8) is 0 Å². The van der Waals surface area contributed by atoms with Crippen LogP contribution in [0.1, 0.15) is 37.5 Å². The summed E-state index contributed by atoms with van der Waals surface area (Å²) in [5.74, 6) is 1.54. The zero-order valence-corrected chi connectivity index (χ0v) is 15.1. The SMILES string of the molecule is COCCN1CCC(CN(C)C(=O)N[C@H](C)c2nc(C)no2)CC1. The summed E-state index contributed by atoms with van der Waals surface area (Å²) in [6, 6.07) is -0.405. The van der Waals surface area contributed by atoms with E-state index in [1.165, 1.54) is 0 Å². The summed E-state index contributed by atoms with van der Waals surface area (Å²) < 4.78 is 10.2. The van der Waals surface area contributed by atoms with Crippen LogP contribution in [0.4, 0.5) is 4.79 Å². The standard InChI is InChI=1S/C16H29N5O3/c1-12(15-18-13(2)19-24-15)17-16(22)20(3)11-14-5-7-21(8-6-14)9-10-23-4/h12,14H,5-11H2,1-4H3,(H,17,22)/t12-/m1/s1. The molecule has 1 atom stereocenters. The molecule has 8 nitrogen and oxygen atoms in total. The quantitative estimate of drug-likeness (QED) is 0.809. The van der Waals surface area contributed by atoms with Gasteiger partial charge in [-0.05, 0) is 45.7 Å². The number of methoxy groups -OCH3 is 1. The molecule has 0 unspecified atom stereocenters. The average molecular weight is 339 g/mol. The Labute approximate surface area is 143 Å². The van der Waals surface area contributed by atoms with Crippen LogP contribution in [0.3, 0.4) is 0 Å². The van der Waals surface area contributed by atoms with Gasteiger partial charge < -0.3 is 24.4 Å². The minimum absolute atomic E-state index is 0.111. The highest BCUT2D eigenvalue weighted by atomic mass is 16.5. The number of carbonyl (C=O) groups is 1. The van der Waals surface area contributed by atoms with E-state index in [0.29, 0.717) is 17.6 Å². The van der Waals surface area contributed by atoms with Gasteiger partial charge in [0.05, 0.1) is 6.61 Å². The number of aromatic nitrogens is 2. The maximum atomic E-state index is 12.3. The second-order valence-corrected chi connectivity index (χ2v) is 6.51. The Kier molecular flexibility index (Phi) is 6.99. The van der Waals surface area contributed by atoms with Crippen LogP contribution in [0.25, 0.3) is 0 Å². The van der Waals surface area contributed by atoms with Crippen LogP contribution < -0.4 is 5.32 Å². The van der Waals surface area contributed by atoms with Crippen LogP contribution >= 0.6 is 0 Å². The Morgan fingerprint density at radius 3 is 2.79 bits per heavy atom. The molecule has 8 heteroatoms. The van der Waals surface area contributed by atoms with E-state index in [-0.39, 0.29) is 12.1 Å². The lowest BCUT2D eigenvalue weighted by molar-refractivity contribution is 0.112. The topological polar surface area (TPSA) is 83.7 Å². The van der Waals surface area contributed by atoms with E-state index in [2.05, 4.69) is 20.4 Å². The third-order valence-corrected chi connectivity index (χ3v) is 4.45. The van der Waals surface area contributed by atoms with E-state index in [4.69, 9.17) is 9.26 Å². The number of piperidine rings is 1. The average Bonchev–Trinajstić information content (AvgIpc) is 3.00. The molecule has 1 aliphatic rings. The first-order valence-electron chi connectivity index (χ1n) is 8.52. The molecule has 136 valence electrons. The maximum absolute atomic E-state index is 12.3. The number of amides is 2. The highest BCUT2D eigenvalue weighted by Gasteiger charge is 2.23. The molecule has 0 aliphatic carbocycles. The van der Waals surface area contributed by atoms with Crippen LogP contribution in [-0.4, -0.2) is 72.9 Å². The van der Waals surface area contributed by atoms with Crippen LogP contribution in [0.5, 0.6) is 0 Å². The fourth-order valence-corrected chi connectivity index (χ4v) is 2.93. The molecule has 0 bridgehead atoms. The molecule has 2 heterocycles. The van der Waals surface area contributed by atoms with E-state index < -0.39 is 0 Å². The van der Waals surface area contributed by atoms with Crippen LogP contribution in [0, 0.1) is 12.8 Å². The van der Waals surface area contributed by atoms with Gasteiger partial charge >= 0.3 is 6.03 Å². The normalized spacial score (nSPS) is 17.7. The summed E-state index contributed by atoms with van der Waals surface area (Å²) in [6.07, 6.45) is 2.22. The highest BCUT2D eigenvalue weighted by molar-refractivity contribution is 5.74. The van der Waals surface area contributed by atoms with Crippen molar-refractivity contribution in [2.24, 2.45) is 5.92 Å². The first kappa shape index (κ1) is 18.7. The summed E-state index contributed by atoms with van der Waals surface area (Å²) in [5.41, 5.74) is 0. The third-order valence-electron chi connectivity index (χ3n) is 4.45. The molecule has 1 aromatic rings. The van der Waals surface area contributed by atoms with Crippen LogP contribution in [0.2, 0.25) is 0 Å². The lowest BCUT2D eigenvalue weighted by Gasteiger charge is -2.33. The van der Waals surface area contributed by atoms with Gasteiger partial charge in [-0.3, -0.25) is 0 Å². The number of hydrogen-bond acceptors (Lipinski definition) is 6. The predicted molar refractivity (Wildman–Crippen MR) is 89.7 cm³/mol. The second kappa shape index (κ2) is 8.98. The summed E-state index contributed by atoms with van der Waals surface area (Å²) in [5, 5.41) is 6.65. The minimum Gasteiger partial charge on any atom is -0.383 e. The van der Waals surface area contributed by atoms with Crippen molar-refractivity contribution in [2.75, 3.05) is 46.9 Å². The number of nitrogens with zero attached hydrogens (tertiary/aromatic N) is 4. The Balaban J connectivity index is 1.72. The Morgan fingerprint density at radius 1 is 1.50 bits per heavy atom. The molecule has 1 aromatic heterocycles. The molecule has 1 fully saturated rings. The molecule has 1 N–H and O–H groups in total. The van der Waals surface area contributed by atoms with E-state index in [1.54, 1.807) is 18.9 Å². The lowest BCUT2D eigenvalue weighted by atomic mass is 9.96. The van der Waals surface area contributed by atoms with Gasteiger partial charge in [-0.1, -0.05) is 5.16 Å². The molecule has 0 saturated carbocycles. The van der Waals surface area contributed by atoms with E-state index in [9.17, 15) is 4.79 Å². The van der Waals surface area contributed by atoms with Gasteiger partial charge in [-0.15, -0.1) is 0 Å². The molecular weight excluding hydrogens is 310 g/mol. The van der Waals surface area contributed by atoms with Gasteiger partial charge in [0.15, 0.2) is 5.82 Å². The molecule has 0 radical (unpaired) electrons. The second-order valence-electron chi connectivity index (χ2n) is 6.51. The Hall–Kier alpha value is -1.67. The zero-order valence-electron chi connectivity index (χ0n) is 15.1. The molecule has 2 amide bonds. The molecule has 2 rings (SSSR count). The van der Waals surface area contributed by atoms with E-state index >= 15 is 0 Å².